The molecule has 2 aliphatic carbocycles. The summed E-state index contributed by atoms with van der Waals surface area (Å²) in [6.45, 7) is 0.755. The van der Waals surface area contributed by atoms with Crippen LogP contribution in [0, 0.1) is 11.3 Å². The summed E-state index contributed by atoms with van der Waals surface area (Å²) in [6.07, 6.45) is 5.79. The van der Waals surface area contributed by atoms with Gasteiger partial charge < -0.3 is 15.3 Å². The number of carbonyl (C=O) groups excluding carboxylic acids is 2. The molecule has 0 spiro atoms. The Bertz CT molecular complexity index is 775. The summed E-state index contributed by atoms with van der Waals surface area (Å²) in [5.74, 6) is -0.612. The largest absolute Gasteiger partial charge is 0.481 e. The molecule has 1 saturated heterocycles. The van der Waals surface area contributed by atoms with Crippen molar-refractivity contribution in [2.75, 3.05) is 18.4 Å². The van der Waals surface area contributed by atoms with Crippen molar-refractivity contribution in [3.05, 3.63) is 29.3 Å². The van der Waals surface area contributed by atoms with E-state index < -0.39 is 11.4 Å². The molecule has 2 amide bonds. The van der Waals surface area contributed by atoms with Crippen LogP contribution in [-0.4, -0.2) is 40.9 Å². The fraction of sp³-hybridized carbons (Fsp3) is 0.550. The number of hydrogen-bond donors (Lipinski definition) is 2. The number of carboxylic acid groups (broad SMARTS) is 1. The van der Waals surface area contributed by atoms with Crippen molar-refractivity contribution in [2.24, 2.45) is 11.3 Å². The number of aryl methyl sites for hydroxylation is 1. The number of anilines is 1. The Morgan fingerprint density at radius 3 is 2.77 bits per heavy atom. The standard InChI is InChI=1S/C20H24N2O4/c23-17-6-2-1-4-13-7-8-15(10-16(13)17)21-19(26)22-11-14-5-3-9-20(14,12-22)18(24)25/h7-8,10,14H,1-6,9,11-12H2,(H,21,26)(H,24,25)/t14-,20+/m0/s1. The third-order valence-electron chi connectivity index (χ3n) is 6.35. The molecule has 0 unspecified atom stereocenters. The van der Waals surface area contributed by atoms with Crippen LogP contribution >= 0.6 is 0 Å². The number of aliphatic carboxylic acids is 1. The lowest BCUT2D eigenvalue weighted by Gasteiger charge is -2.23. The first-order valence-electron chi connectivity index (χ1n) is 9.45. The van der Waals surface area contributed by atoms with Gasteiger partial charge in [-0.15, -0.1) is 0 Å². The zero-order chi connectivity index (χ0) is 18.3. The molecule has 0 bridgehead atoms. The molecule has 2 atom stereocenters. The Morgan fingerprint density at radius 1 is 1.19 bits per heavy atom. The van der Waals surface area contributed by atoms with Crippen LogP contribution in [0.15, 0.2) is 18.2 Å². The molecular formula is C20H24N2O4. The van der Waals surface area contributed by atoms with Crippen LogP contribution in [0.5, 0.6) is 0 Å². The number of nitrogens with one attached hydrogen (secondary N) is 1. The van der Waals surface area contributed by atoms with Gasteiger partial charge in [0.15, 0.2) is 5.78 Å². The molecule has 6 heteroatoms. The number of ketones is 1. The molecule has 138 valence electrons. The number of amides is 2. The van der Waals surface area contributed by atoms with Crippen molar-refractivity contribution >= 4 is 23.5 Å². The Hall–Kier alpha value is -2.37. The number of carbonyl (C=O) groups is 3. The molecule has 2 fully saturated rings. The quantitative estimate of drug-likeness (QED) is 0.796. The highest BCUT2D eigenvalue weighted by Crippen LogP contribution is 2.48. The highest BCUT2D eigenvalue weighted by Gasteiger charge is 2.55. The van der Waals surface area contributed by atoms with E-state index in [0.29, 0.717) is 30.6 Å². The number of rotatable bonds is 2. The molecule has 4 rings (SSSR count). The van der Waals surface area contributed by atoms with Gasteiger partial charge in [-0.2, -0.15) is 0 Å². The van der Waals surface area contributed by atoms with E-state index in [1.54, 1.807) is 11.0 Å². The maximum atomic E-state index is 12.7. The molecule has 3 aliphatic rings. The molecule has 26 heavy (non-hydrogen) atoms. The first-order chi connectivity index (χ1) is 12.5. The van der Waals surface area contributed by atoms with Crippen LogP contribution in [0.1, 0.15) is 54.4 Å². The van der Waals surface area contributed by atoms with E-state index in [1.807, 2.05) is 12.1 Å². The maximum Gasteiger partial charge on any atom is 0.321 e. The van der Waals surface area contributed by atoms with Gasteiger partial charge in [-0.05, 0) is 55.7 Å². The van der Waals surface area contributed by atoms with Gasteiger partial charge in [-0.25, -0.2) is 4.79 Å². The molecule has 2 N–H and O–H groups in total. The monoisotopic (exact) mass is 356 g/mol. The third-order valence-corrected chi connectivity index (χ3v) is 6.35. The van der Waals surface area contributed by atoms with Crippen LogP contribution in [0.25, 0.3) is 0 Å². The normalized spacial score (nSPS) is 27.6. The summed E-state index contributed by atoms with van der Waals surface area (Å²) in [7, 11) is 0. The average molecular weight is 356 g/mol. The number of urea groups is 1. The summed E-state index contributed by atoms with van der Waals surface area (Å²) in [5.41, 5.74) is 1.58. The van der Waals surface area contributed by atoms with Gasteiger partial charge in [0, 0.05) is 30.8 Å². The van der Waals surface area contributed by atoms with Crippen LogP contribution in [0.2, 0.25) is 0 Å². The van der Waals surface area contributed by atoms with Crippen LogP contribution < -0.4 is 5.32 Å². The van der Waals surface area contributed by atoms with E-state index in [1.165, 1.54) is 0 Å². The SMILES string of the molecule is O=C1CCCCc2ccc(NC(=O)N3C[C@@H]4CCC[C@@]4(C(=O)O)C3)cc21. The number of likely N-dealkylation sites (tertiary alicyclic amines) is 1. The van der Waals surface area contributed by atoms with E-state index in [0.717, 1.165) is 37.7 Å². The second-order valence-electron chi connectivity index (χ2n) is 7.86. The third kappa shape index (κ3) is 2.77. The molecule has 1 aromatic rings. The minimum atomic E-state index is -0.786. The number of nitrogens with zero attached hydrogens (tertiary/aromatic N) is 1. The number of hydrogen-bond acceptors (Lipinski definition) is 3. The molecule has 0 radical (unpaired) electrons. The summed E-state index contributed by atoms with van der Waals surface area (Å²) in [6, 6.07) is 5.25. The first-order valence-corrected chi connectivity index (χ1v) is 9.45. The molecule has 1 aliphatic heterocycles. The Labute approximate surface area is 152 Å². The highest BCUT2D eigenvalue weighted by atomic mass is 16.4. The van der Waals surface area contributed by atoms with Gasteiger partial charge in [-0.1, -0.05) is 12.5 Å². The zero-order valence-electron chi connectivity index (χ0n) is 14.8. The second kappa shape index (κ2) is 6.41. The fourth-order valence-corrected chi connectivity index (χ4v) is 4.86. The highest BCUT2D eigenvalue weighted by molar-refractivity contribution is 6.00. The fourth-order valence-electron chi connectivity index (χ4n) is 4.86. The van der Waals surface area contributed by atoms with Crippen molar-refractivity contribution in [2.45, 2.75) is 44.9 Å². The Morgan fingerprint density at radius 2 is 2.00 bits per heavy atom. The number of Topliss-reactive ketones (excluding diaryl/α,β-unsaturated/α-hetero) is 1. The van der Waals surface area contributed by atoms with Gasteiger partial charge in [-0.3, -0.25) is 9.59 Å². The smallest absolute Gasteiger partial charge is 0.321 e. The summed E-state index contributed by atoms with van der Waals surface area (Å²) >= 11 is 0. The minimum absolute atomic E-state index is 0.0411. The van der Waals surface area contributed by atoms with E-state index in [-0.39, 0.29) is 24.3 Å². The van der Waals surface area contributed by atoms with Gasteiger partial charge in [0.05, 0.1) is 5.41 Å². The summed E-state index contributed by atoms with van der Waals surface area (Å²) < 4.78 is 0. The topological polar surface area (TPSA) is 86.7 Å². The maximum absolute atomic E-state index is 12.7. The first kappa shape index (κ1) is 17.1. The number of fused-ring (bicyclic) bond motifs is 2. The average Bonchev–Trinajstić information content (AvgIpc) is 3.12. The lowest BCUT2D eigenvalue weighted by Crippen LogP contribution is -2.38. The van der Waals surface area contributed by atoms with Gasteiger partial charge in [0.25, 0.3) is 0 Å². The summed E-state index contributed by atoms with van der Waals surface area (Å²) in [5, 5.41) is 12.5. The van der Waals surface area contributed by atoms with Gasteiger partial charge in [0.2, 0.25) is 0 Å². The molecular weight excluding hydrogens is 332 g/mol. The number of carboxylic acids is 1. The lowest BCUT2D eigenvalue weighted by molar-refractivity contribution is -0.149. The molecule has 6 nitrogen and oxygen atoms in total. The Balaban J connectivity index is 1.49. The minimum Gasteiger partial charge on any atom is -0.481 e. The van der Waals surface area contributed by atoms with E-state index >= 15 is 0 Å². The molecule has 0 aromatic heterocycles. The van der Waals surface area contributed by atoms with Crippen molar-refractivity contribution in [1.82, 2.24) is 4.90 Å². The van der Waals surface area contributed by atoms with Crippen LogP contribution in [0.3, 0.4) is 0 Å². The lowest BCUT2D eigenvalue weighted by atomic mass is 9.81. The number of benzene rings is 1. The molecule has 1 saturated carbocycles. The van der Waals surface area contributed by atoms with Crippen LogP contribution in [0.4, 0.5) is 10.5 Å². The van der Waals surface area contributed by atoms with Crippen molar-refractivity contribution in [3.8, 4) is 0 Å². The summed E-state index contributed by atoms with van der Waals surface area (Å²) in [4.78, 5) is 38.3. The van der Waals surface area contributed by atoms with Gasteiger partial charge >= 0.3 is 12.0 Å². The Kier molecular flexibility index (Phi) is 4.21. The van der Waals surface area contributed by atoms with Gasteiger partial charge in [0.1, 0.15) is 0 Å². The van der Waals surface area contributed by atoms with E-state index in [2.05, 4.69) is 5.32 Å². The van der Waals surface area contributed by atoms with E-state index in [4.69, 9.17) is 0 Å². The van der Waals surface area contributed by atoms with Crippen molar-refractivity contribution in [3.63, 3.8) is 0 Å². The van der Waals surface area contributed by atoms with Crippen molar-refractivity contribution < 1.29 is 19.5 Å². The van der Waals surface area contributed by atoms with E-state index in [9.17, 15) is 19.5 Å². The molecule has 1 heterocycles. The zero-order valence-corrected chi connectivity index (χ0v) is 14.8. The second-order valence-corrected chi connectivity index (χ2v) is 7.86. The predicted molar refractivity (Wildman–Crippen MR) is 96.3 cm³/mol. The van der Waals surface area contributed by atoms with Crippen LogP contribution in [-0.2, 0) is 11.2 Å². The predicted octanol–water partition coefficient (Wildman–Crippen LogP) is 3.31. The molecule has 1 aromatic carbocycles. The van der Waals surface area contributed by atoms with Crippen molar-refractivity contribution in [1.29, 1.82) is 0 Å².